The van der Waals surface area contributed by atoms with Gasteiger partial charge in [0.1, 0.15) is 11.3 Å². The minimum absolute atomic E-state index is 0.152. The van der Waals surface area contributed by atoms with Crippen molar-refractivity contribution < 1.29 is 19.4 Å². The number of hydrogen-bond acceptors (Lipinski definition) is 3. The number of ether oxygens (including phenoxy) is 1. The number of rotatable bonds is 8. The summed E-state index contributed by atoms with van der Waals surface area (Å²) in [7, 11) is 0. The first-order chi connectivity index (χ1) is 9.91. The summed E-state index contributed by atoms with van der Waals surface area (Å²) in [5, 5.41) is 11.9. The predicted molar refractivity (Wildman–Crippen MR) is 80.4 cm³/mol. The van der Waals surface area contributed by atoms with Gasteiger partial charge in [0.25, 0.3) is 0 Å². The van der Waals surface area contributed by atoms with Crippen molar-refractivity contribution in [2.24, 2.45) is 0 Å². The molecule has 0 aliphatic rings. The third-order valence-electron chi connectivity index (χ3n) is 3.24. The van der Waals surface area contributed by atoms with Crippen LogP contribution in [0.4, 0.5) is 0 Å². The number of carboxylic acid groups (broad SMARTS) is 1. The van der Waals surface area contributed by atoms with Crippen molar-refractivity contribution in [2.45, 2.75) is 45.6 Å². The van der Waals surface area contributed by atoms with Crippen molar-refractivity contribution >= 4 is 11.9 Å². The summed E-state index contributed by atoms with van der Waals surface area (Å²) in [6.45, 7) is 5.92. The van der Waals surface area contributed by atoms with Crippen LogP contribution in [0.1, 0.15) is 39.2 Å². The van der Waals surface area contributed by atoms with E-state index in [1.54, 1.807) is 12.1 Å². The summed E-state index contributed by atoms with van der Waals surface area (Å²) in [5.74, 6) is -0.551. The Balaban J connectivity index is 2.65. The molecule has 116 valence electrons. The molecule has 0 heterocycles. The average Bonchev–Trinajstić information content (AvgIpc) is 2.41. The third kappa shape index (κ3) is 5.10. The van der Waals surface area contributed by atoms with Crippen LogP contribution in [-0.2, 0) is 16.0 Å². The molecule has 21 heavy (non-hydrogen) atoms. The fourth-order valence-corrected chi connectivity index (χ4v) is 2.13. The predicted octanol–water partition coefficient (Wildman–Crippen LogP) is 2.39. The first-order valence-electron chi connectivity index (χ1n) is 7.17. The third-order valence-corrected chi connectivity index (χ3v) is 3.24. The van der Waals surface area contributed by atoms with Gasteiger partial charge in [0.2, 0.25) is 5.91 Å². The average molecular weight is 293 g/mol. The zero-order valence-corrected chi connectivity index (χ0v) is 12.8. The number of nitrogens with one attached hydrogen (secondary N) is 1. The lowest BCUT2D eigenvalue weighted by Gasteiger charge is -2.25. The van der Waals surface area contributed by atoms with Crippen LogP contribution >= 0.6 is 0 Å². The van der Waals surface area contributed by atoms with Crippen molar-refractivity contribution in [1.82, 2.24) is 5.32 Å². The molecule has 1 atom stereocenters. The quantitative estimate of drug-likeness (QED) is 0.771. The molecule has 0 saturated heterocycles. The molecule has 1 aromatic rings. The first kappa shape index (κ1) is 17.0. The molecule has 0 aromatic heterocycles. The van der Waals surface area contributed by atoms with Gasteiger partial charge in [-0.25, -0.2) is 4.79 Å². The minimum atomic E-state index is -1.21. The van der Waals surface area contributed by atoms with Gasteiger partial charge < -0.3 is 15.2 Å². The van der Waals surface area contributed by atoms with Crippen LogP contribution in [0, 0.1) is 0 Å². The standard InChI is InChI=1S/C16H23NO4/c1-4-10-16(3,15(19)20)17-14(18)11-12-6-8-13(9-7-12)21-5-2/h6-9H,4-5,10-11H2,1-3H3,(H,17,18)(H,19,20). The SMILES string of the molecule is CCCC(C)(NC(=O)Cc1ccc(OCC)cc1)C(=O)O. The van der Waals surface area contributed by atoms with Gasteiger partial charge in [0, 0.05) is 0 Å². The molecular formula is C16H23NO4. The van der Waals surface area contributed by atoms with Crippen molar-refractivity contribution in [2.75, 3.05) is 6.61 Å². The van der Waals surface area contributed by atoms with E-state index in [1.165, 1.54) is 6.92 Å². The first-order valence-corrected chi connectivity index (χ1v) is 7.17. The van der Waals surface area contributed by atoms with Crippen LogP contribution in [0.2, 0.25) is 0 Å². The molecular weight excluding hydrogens is 270 g/mol. The fourth-order valence-electron chi connectivity index (χ4n) is 2.13. The molecule has 0 bridgehead atoms. The minimum Gasteiger partial charge on any atom is -0.494 e. The molecule has 5 heteroatoms. The van der Waals surface area contributed by atoms with Crippen LogP contribution in [0.25, 0.3) is 0 Å². The van der Waals surface area contributed by atoms with E-state index in [0.717, 1.165) is 11.3 Å². The lowest BCUT2D eigenvalue weighted by Crippen LogP contribution is -2.52. The highest BCUT2D eigenvalue weighted by Crippen LogP contribution is 2.15. The molecule has 0 saturated carbocycles. The number of carboxylic acids is 1. The Hall–Kier alpha value is -2.04. The second-order valence-corrected chi connectivity index (χ2v) is 5.19. The summed E-state index contributed by atoms with van der Waals surface area (Å²) >= 11 is 0. The van der Waals surface area contributed by atoms with Gasteiger partial charge >= 0.3 is 5.97 Å². The molecule has 0 spiro atoms. The number of hydrogen-bond donors (Lipinski definition) is 2. The zero-order chi connectivity index (χ0) is 15.9. The zero-order valence-electron chi connectivity index (χ0n) is 12.8. The van der Waals surface area contributed by atoms with Crippen molar-refractivity contribution in [3.63, 3.8) is 0 Å². The Labute approximate surface area is 125 Å². The van der Waals surface area contributed by atoms with E-state index in [9.17, 15) is 14.7 Å². The van der Waals surface area contributed by atoms with Crippen LogP contribution in [0.5, 0.6) is 5.75 Å². The molecule has 0 aliphatic carbocycles. The summed E-state index contributed by atoms with van der Waals surface area (Å²) in [5.41, 5.74) is -0.392. The van der Waals surface area contributed by atoms with Gasteiger partial charge in [-0.15, -0.1) is 0 Å². The van der Waals surface area contributed by atoms with Crippen molar-refractivity contribution in [1.29, 1.82) is 0 Å². The van der Waals surface area contributed by atoms with E-state index in [1.807, 2.05) is 26.0 Å². The summed E-state index contributed by atoms with van der Waals surface area (Å²) in [6, 6.07) is 7.22. The molecule has 5 nitrogen and oxygen atoms in total. The molecule has 1 aromatic carbocycles. The van der Waals surface area contributed by atoms with Gasteiger partial charge in [-0.05, 0) is 38.0 Å². The topological polar surface area (TPSA) is 75.6 Å². The maximum atomic E-state index is 12.0. The van der Waals surface area contributed by atoms with Gasteiger partial charge in [-0.2, -0.15) is 0 Å². The van der Waals surface area contributed by atoms with Crippen LogP contribution in [-0.4, -0.2) is 29.1 Å². The molecule has 0 fully saturated rings. The van der Waals surface area contributed by atoms with Gasteiger partial charge in [0.15, 0.2) is 0 Å². The largest absolute Gasteiger partial charge is 0.494 e. The summed E-state index contributed by atoms with van der Waals surface area (Å²) in [6.07, 6.45) is 1.24. The van der Waals surface area contributed by atoms with Crippen molar-refractivity contribution in [3.05, 3.63) is 29.8 Å². The summed E-state index contributed by atoms with van der Waals surface area (Å²) < 4.78 is 5.33. The van der Waals surface area contributed by atoms with Gasteiger partial charge in [-0.1, -0.05) is 25.5 Å². The Bertz CT molecular complexity index is 484. The molecule has 0 radical (unpaired) electrons. The van der Waals surface area contributed by atoms with E-state index in [2.05, 4.69) is 5.32 Å². The number of amides is 1. The van der Waals surface area contributed by atoms with Crippen LogP contribution in [0.15, 0.2) is 24.3 Å². The monoisotopic (exact) mass is 293 g/mol. The maximum absolute atomic E-state index is 12.0. The fraction of sp³-hybridized carbons (Fsp3) is 0.500. The Kier molecular flexibility index (Phi) is 6.21. The van der Waals surface area contributed by atoms with Crippen molar-refractivity contribution in [3.8, 4) is 5.75 Å². The Morgan fingerprint density at radius 2 is 1.86 bits per heavy atom. The number of aliphatic carboxylic acids is 1. The van der Waals surface area contributed by atoms with Gasteiger partial charge in [0.05, 0.1) is 13.0 Å². The van der Waals surface area contributed by atoms with E-state index in [0.29, 0.717) is 19.4 Å². The number of benzene rings is 1. The van der Waals surface area contributed by atoms with Gasteiger partial charge in [-0.3, -0.25) is 4.79 Å². The van der Waals surface area contributed by atoms with E-state index >= 15 is 0 Å². The van der Waals surface area contributed by atoms with Crippen LogP contribution < -0.4 is 10.1 Å². The lowest BCUT2D eigenvalue weighted by atomic mass is 9.96. The normalized spacial score (nSPS) is 13.3. The second kappa shape index (κ2) is 7.67. The second-order valence-electron chi connectivity index (χ2n) is 5.19. The molecule has 2 N–H and O–H groups in total. The number of carbonyl (C=O) groups is 2. The summed E-state index contributed by atoms with van der Waals surface area (Å²) in [4.78, 5) is 23.3. The molecule has 1 rings (SSSR count). The Morgan fingerprint density at radius 1 is 1.24 bits per heavy atom. The van der Waals surface area contributed by atoms with E-state index in [4.69, 9.17) is 4.74 Å². The number of carbonyl (C=O) groups excluding carboxylic acids is 1. The lowest BCUT2D eigenvalue weighted by molar-refractivity contribution is -0.147. The highest BCUT2D eigenvalue weighted by molar-refractivity contribution is 5.87. The Morgan fingerprint density at radius 3 is 2.33 bits per heavy atom. The highest BCUT2D eigenvalue weighted by Gasteiger charge is 2.33. The van der Waals surface area contributed by atoms with E-state index in [-0.39, 0.29) is 12.3 Å². The highest BCUT2D eigenvalue weighted by atomic mass is 16.5. The smallest absolute Gasteiger partial charge is 0.329 e. The van der Waals surface area contributed by atoms with Crippen LogP contribution in [0.3, 0.4) is 0 Å². The molecule has 0 aliphatic heterocycles. The van der Waals surface area contributed by atoms with E-state index < -0.39 is 11.5 Å². The molecule has 1 unspecified atom stereocenters. The molecule has 1 amide bonds. The maximum Gasteiger partial charge on any atom is 0.329 e.